The van der Waals surface area contributed by atoms with Crippen molar-refractivity contribution in [2.45, 2.75) is 25.4 Å². The van der Waals surface area contributed by atoms with Gasteiger partial charge >= 0.3 is 0 Å². The molecule has 0 radical (unpaired) electrons. The van der Waals surface area contributed by atoms with E-state index in [2.05, 4.69) is 10.4 Å². The Morgan fingerprint density at radius 3 is 2.61 bits per heavy atom. The maximum Gasteiger partial charge on any atom is 0.274 e. The molecule has 2 amide bonds. The van der Waals surface area contributed by atoms with Crippen LogP contribution in [0.1, 0.15) is 39.3 Å². The minimum Gasteiger partial charge on any atom is -0.349 e. The summed E-state index contributed by atoms with van der Waals surface area (Å²) >= 11 is 0. The molecule has 3 aromatic rings. The van der Waals surface area contributed by atoms with Crippen molar-refractivity contribution in [2.24, 2.45) is 0 Å². The molecule has 1 fully saturated rings. The zero-order valence-corrected chi connectivity index (χ0v) is 16.9. The standard InChI is InChI=1S/C22H21N5O4/c1-25(14-15-5-7-16(8-6-15)21(28)23-17-9-10-17)22(29)20-11-12-26(24-20)18-3-2-4-19(13-18)27(30)31/h2-8,11-13,17H,9-10,14H2,1H3,(H,23,28). The van der Waals surface area contributed by atoms with Crippen LogP contribution in [0.5, 0.6) is 0 Å². The zero-order chi connectivity index (χ0) is 22.0. The molecule has 1 aromatic heterocycles. The third-order valence-electron chi connectivity index (χ3n) is 5.01. The molecular formula is C22H21N5O4. The number of aromatic nitrogens is 2. The van der Waals surface area contributed by atoms with Gasteiger partial charge in [-0.15, -0.1) is 0 Å². The molecule has 0 spiro atoms. The number of hydrogen-bond acceptors (Lipinski definition) is 5. The zero-order valence-electron chi connectivity index (χ0n) is 16.9. The molecule has 4 rings (SSSR count). The summed E-state index contributed by atoms with van der Waals surface area (Å²) in [5.41, 5.74) is 2.16. The monoisotopic (exact) mass is 419 g/mol. The molecule has 1 aliphatic carbocycles. The number of nitro groups is 1. The molecule has 9 nitrogen and oxygen atoms in total. The topological polar surface area (TPSA) is 110 Å². The lowest BCUT2D eigenvalue weighted by molar-refractivity contribution is -0.384. The van der Waals surface area contributed by atoms with Gasteiger partial charge in [-0.1, -0.05) is 18.2 Å². The van der Waals surface area contributed by atoms with Crippen LogP contribution in [-0.2, 0) is 6.54 Å². The smallest absolute Gasteiger partial charge is 0.274 e. The Balaban J connectivity index is 1.41. The number of nitro benzene ring substituents is 1. The fourth-order valence-electron chi connectivity index (χ4n) is 3.13. The third-order valence-corrected chi connectivity index (χ3v) is 5.01. The molecule has 0 saturated heterocycles. The van der Waals surface area contributed by atoms with E-state index < -0.39 is 4.92 Å². The Morgan fingerprint density at radius 1 is 1.19 bits per heavy atom. The van der Waals surface area contributed by atoms with Gasteiger partial charge in [-0.2, -0.15) is 5.10 Å². The van der Waals surface area contributed by atoms with E-state index in [-0.39, 0.29) is 23.2 Å². The average Bonchev–Trinajstić information content (AvgIpc) is 3.45. The van der Waals surface area contributed by atoms with Crippen LogP contribution in [0.3, 0.4) is 0 Å². The van der Waals surface area contributed by atoms with E-state index in [1.807, 2.05) is 12.1 Å². The minimum absolute atomic E-state index is 0.0488. The fourth-order valence-corrected chi connectivity index (χ4v) is 3.13. The van der Waals surface area contributed by atoms with Crippen molar-refractivity contribution in [1.29, 1.82) is 0 Å². The first kappa shape index (κ1) is 20.3. The van der Waals surface area contributed by atoms with E-state index in [1.54, 1.807) is 43.6 Å². The summed E-state index contributed by atoms with van der Waals surface area (Å²) in [7, 11) is 1.67. The molecule has 0 bridgehead atoms. The molecular weight excluding hydrogens is 398 g/mol. The van der Waals surface area contributed by atoms with E-state index in [0.717, 1.165) is 18.4 Å². The maximum absolute atomic E-state index is 12.7. The maximum atomic E-state index is 12.7. The van der Waals surface area contributed by atoms with Gasteiger partial charge < -0.3 is 10.2 Å². The molecule has 2 aromatic carbocycles. The van der Waals surface area contributed by atoms with Gasteiger partial charge in [0.15, 0.2) is 5.69 Å². The lowest BCUT2D eigenvalue weighted by Gasteiger charge is -2.16. The van der Waals surface area contributed by atoms with E-state index in [9.17, 15) is 19.7 Å². The van der Waals surface area contributed by atoms with Crippen LogP contribution in [0.4, 0.5) is 5.69 Å². The van der Waals surface area contributed by atoms with Gasteiger partial charge in [-0.25, -0.2) is 4.68 Å². The lowest BCUT2D eigenvalue weighted by Crippen LogP contribution is -2.27. The molecule has 0 atom stereocenters. The van der Waals surface area contributed by atoms with Gasteiger partial charge in [0.25, 0.3) is 17.5 Å². The quantitative estimate of drug-likeness (QED) is 0.468. The van der Waals surface area contributed by atoms with Gasteiger partial charge in [0.1, 0.15) is 0 Å². The van der Waals surface area contributed by atoms with E-state index in [4.69, 9.17) is 0 Å². The highest BCUT2D eigenvalue weighted by atomic mass is 16.6. The highest BCUT2D eigenvalue weighted by Crippen LogP contribution is 2.20. The molecule has 1 saturated carbocycles. The second kappa shape index (κ2) is 8.39. The molecule has 31 heavy (non-hydrogen) atoms. The number of carbonyl (C=O) groups is 2. The Morgan fingerprint density at radius 2 is 1.94 bits per heavy atom. The van der Waals surface area contributed by atoms with Crippen LogP contribution in [-0.4, -0.2) is 44.5 Å². The highest BCUT2D eigenvalue weighted by Gasteiger charge is 2.23. The first-order valence-corrected chi connectivity index (χ1v) is 9.86. The minimum atomic E-state index is -0.478. The Hall–Kier alpha value is -4.01. The summed E-state index contributed by atoms with van der Waals surface area (Å²) in [4.78, 5) is 36.8. The Labute approximate surface area is 178 Å². The summed E-state index contributed by atoms with van der Waals surface area (Å²) < 4.78 is 1.43. The predicted octanol–water partition coefficient (Wildman–Crippen LogP) is 2.94. The summed E-state index contributed by atoms with van der Waals surface area (Å²) in [5, 5.41) is 18.2. The summed E-state index contributed by atoms with van der Waals surface area (Å²) in [6.45, 7) is 0.354. The number of non-ortho nitro benzene ring substituents is 1. The van der Waals surface area contributed by atoms with Crippen molar-refractivity contribution in [2.75, 3.05) is 7.05 Å². The van der Waals surface area contributed by atoms with Crippen molar-refractivity contribution in [3.8, 4) is 5.69 Å². The number of nitrogens with one attached hydrogen (secondary N) is 1. The average molecular weight is 419 g/mol. The summed E-state index contributed by atoms with van der Waals surface area (Å²) in [5.74, 6) is -0.357. The van der Waals surface area contributed by atoms with Crippen LogP contribution in [0.25, 0.3) is 5.69 Å². The van der Waals surface area contributed by atoms with Crippen molar-refractivity contribution in [3.05, 3.63) is 87.7 Å². The molecule has 1 aliphatic rings. The van der Waals surface area contributed by atoms with Crippen LogP contribution < -0.4 is 5.32 Å². The number of hydrogen-bond donors (Lipinski definition) is 1. The Bertz CT molecular complexity index is 1130. The molecule has 0 unspecified atom stereocenters. The van der Waals surface area contributed by atoms with Gasteiger partial charge in [0.2, 0.25) is 0 Å². The van der Waals surface area contributed by atoms with Crippen LogP contribution in [0.15, 0.2) is 60.8 Å². The molecule has 1 heterocycles. The number of nitrogens with zero attached hydrogens (tertiary/aromatic N) is 4. The first-order chi connectivity index (χ1) is 14.9. The molecule has 1 N–H and O–H groups in total. The van der Waals surface area contributed by atoms with Crippen molar-refractivity contribution in [1.82, 2.24) is 20.0 Å². The normalized spacial score (nSPS) is 12.9. The van der Waals surface area contributed by atoms with Gasteiger partial charge in [0.05, 0.1) is 10.6 Å². The molecule has 9 heteroatoms. The summed E-state index contributed by atoms with van der Waals surface area (Å²) in [6.07, 6.45) is 3.66. The third kappa shape index (κ3) is 4.77. The van der Waals surface area contributed by atoms with E-state index >= 15 is 0 Å². The van der Waals surface area contributed by atoms with E-state index in [1.165, 1.54) is 21.7 Å². The number of carbonyl (C=O) groups excluding carboxylic acids is 2. The largest absolute Gasteiger partial charge is 0.349 e. The van der Waals surface area contributed by atoms with Gasteiger partial charge in [-0.3, -0.25) is 19.7 Å². The second-order valence-electron chi connectivity index (χ2n) is 7.53. The van der Waals surface area contributed by atoms with Crippen LogP contribution >= 0.6 is 0 Å². The lowest BCUT2D eigenvalue weighted by atomic mass is 10.1. The van der Waals surface area contributed by atoms with Crippen molar-refractivity contribution in [3.63, 3.8) is 0 Å². The van der Waals surface area contributed by atoms with Gasteiger partial charge in [0, 0.05) is 43.5 Å². The van der Waals surface area contributed by atoms with Crippen LogP contribution in [0, 0.1) is 10.1 Å². The van der Waals surface area contributed by atoms with E-state index in [0.29, 0.717) is 23.8 Å². The summed E-state index contributed by atoms with van der Waals surface area (Å²) in [6, 6.07) is 15.1. The van der Waals surface area contributed by atoms with Crippen LogP contribution in [0.2, 0.25) is 0 Å². The SMILES string of the molecule is CN(Cc1ccc(C(=O)NC2CC2)cc1)C(=O)c1ccn(-c2cccc([N+](=O)[O-])c2)n1. The second-order valence-corrected chi connectivity index (χ2v) is 7.53. The first-order valence-electron chi connectivity index (χ1n) is 9.86. The predicted molar refractivity (Wildman–Crippen MR) is 113 cm³/mol. The number of rotatable bonds is 7. The number of amides is 2. The molecule has 0 aliphatic heterocycles. The fraction of sp³-hybridized carbons (Fsp3) is 0.227. The highest BCUT2D eigenvalue weighted by molar-refractivity contribution is 5.94. The van der Waals surface area contributed by atoms with Gasteiger partial charge in [-0.05, 0) is 42.7 Å². The number of benzene rings is 2. The molecule has 158 valence electrons. The van der Waals surface area contributed by atoms with Crippen molar-refractivity contribution < 1.29 is 14.5 Å². The Kier molecular flexibility index (Phi) is 5.48. The van der Waals surface area contributed by atoms with Crippen molar-refractivity contribution >= 4 is 17.5 Å².